The molecule has 0 atom stereocenters. The second kappa shape index (κ2) is 10.9. The van der Waals surface area contributed by atoms with E-state index in [1.54, 1.807) is 26.8 Å². The lowest BCUT2D eigenvalue weighted by atomic mass is 10.1. The number of halogens is 1. The van der Waals surface area contributed by atoms with Crippen LogP contribution in [0.3, 0.4) is 0 Å². The Balaban J connectivity index is 2.07. The molecule has 2 aromatic heterocycles. The van der Waals surface area contributed by atoms with Crippen molar-refractivity contribution in [3.63, 3.8) is 0 Å². The number of nitrogens with zero attached hydrogens (tertiary/aromatic N) is 3. The number of ether oxygens (including phenoxy) is 2. The number of carbonyl (C=O) groups excluding carboxylic acids is 1. The van der Waals surface area contributed by atoms with Crippen molar-refractivity contribution in [2.75, 3.05) is 20.8 Å². The molecule has 0 bridgehead atoms. The summed E-state index contributed by atoms with van der Waals surface area (Å²) < 4.78 is 53.3. The van der Waals surface area contributed by atoms with Gasteiger partial charge in [-0.15, -0.1) is 0 Å². The first kappa shape index (κ1) is 26.9. The third-order valence-electron chi connectivity index (χ3n) is 4.84. The lowest BCUT2D eigenvalue weighted by molar-refractivity contribution is 0.0285. The molecule has 3 rings (SSSR count). The fourth-order valence-electron chi connectivity index (χ4n) is 3.28. The van der Waals surface area contributed by atoms with Crippen LogP contribution in [0.1, 0.15) is 31.9 Å². The van der Waals surface area contributed by atoms with Crippen molar-refractivity contribution in [3.05, 3.63) is 71.9 Å². The van der Waals surface area contributed by atoms with Gasteiger partial charge in [0.1, 0.15) is 22.9 Å². The maximum Gasteiger partial charge on any atom is 0.410 e. The second-order valence-electron chi connectivity index (χ2n) is 8.99. The van der Waals surface area contributed by atoms with E-state index in [9.17, 15) is 17.6 Å². The molecule has 8 nitrogen and oxygen atoms in total. The van der Waals surface area contributed by atoms with Crippen molar-refractivity contribution in [3.8, 4) is 23.1 Å². The Morgan fingerprint density at radius 3 is 2.58 bits per heavy atom. The van der Waals surface area contributed by atoms with Gasteiger partial charge in [0, 0.05) is 43.9 Å². The largest absolute Gasteiger partial charge is 0.444 e. The minimum absolute atomic E-state index is 0.0413. The van der Waals surface area contributed by atoms with Crippen LogP contribution in [0.25, 0.3) is 11.3 Å². The Morgan fingerprint density at radius 2 is 1.92 bits per heavy atom. The highest BCUT2D eigenvalue weighted by Crippen LogP contribution is 2.29. The standard InChI is InChI=1S/C26H28FN3O5S/c1-26(2,3)35-25(31)29(4)17-20-14-24(22-10-6-7-11-23(22)27)30(18-20)36(32,33)21-13-19(15-28-16-21)9-8-12-34-5/h6-7,10-11,13-16,18H,12,17H2,1-5H3. The highest BCUT2D eigenvalue weighted by molar-refractivity contribution is 7.90. The Bertz CT molecular complexity index is 1420. The summed E-state index contributed by atoms with van der Waals surface area (Å²) in [7, 11) is -1.16. The predicted octanol–water partition coefficient (Wildman–Crippen LogP) is 4.29. The average Bonchev–Trinajstić information content (AvgIpc) is 3.23. The van der Waals surface area contributed by atoms with E-state index in [-0.39, 0.29) is 29.3 Å². The molecular formula is C26H28FN3O5S. The van der Waals surface area contributed by atoms with Crippen LogP contribution in [-0.4, -0.2) is 54.7 Å². The first-order chi connectivity index (χ1) is 16.9. The lowest BCUT2D eigenvalue weighted by Gasteiger charge is -2.24. The van der Waals surface area contributed by atoms with Gasteiger partial charge in [-0.2, -0.15) is 0 Å². The minimum atomic E-state index is -4.20. The van der Waals surface area contributed by atoms with Crippen LogP contribution in [0.5, 0.6) is 0 Å². The molecule has 36 heavy (non-hydrogen) atoms. The summed E-state index contributed by atoms with van der Waals surface area (Å²) in [6.07, 6.45) is 3.43. The summed E-state index contributed by atoms with van der Waals surface area (Å²) in [6, 6.07) is 8.80. The fraction of sp³-hybridized carbons (Fsp3) is 0.308. The molecule has 1 amide bonds. The van der Waals surface area contributed by atoms with Crippen LogP contribution in [0.2, 0.25) is 0 Å². The zero-order valence-electron chi connectivity index (χ0n) is 20.8. The van der Waals surface area contributed by atoms with Crippen LogP contribution >= 0.6 is 0 Å². The highest BCUT2D eigenvalue weighted by atomic mass is 32.2. The summed E-state index contributed by atoms with van der Waals surface area (Å²) in [4.78, 5) is 17.6. The number of aromatic nitrogens is 2. The van der Waals surface area contributed by atoms with Crippen molar-refractivity contribution < 1.29 is 27.1 Å². The number of amides is 1. The molecular weight excluding hydrogens is 485 g/mol. The predicted molar refractivity (Wildman–Crippen MR) is 133 cm³/mol. The monoisotopic (exact) mass is 513 g/mol. The Kier molecular flexibility index (Phi) is 8.17. The van der Waals surface area contributed by atoms with E-state index in [0.717, 1.165) is 3.97 Å². The van der Waals surface area contributed by atoms with Gasteiger partial charge < -0.3 is 14.4 Å². The van der Waals surface area contributed by atoms with Crippen LogP contribution in [0.15, 0.2) is 59.9 Å². The third-order valence-corrected chi connectivity index (χ3v) is 6.48. The van der Waals surface area contributed by atoms with Crippen LogP contribution < -0.4 is 0 Å². The fourth-order valence-corrected chi connectivity index (χ4v) is 4.66. The van der Waals surface area contributed by atoms with Gasteiger partial charge in [0.05, 0.1) is 12.2 Å². The zero-order chi connectivity index (χ0) is 26.5. The number of pyridine rings is 1. The van der Waals surface area contributed by atoms with Gasteiger partial charge in [-0.25, -0.2) is 21.6 Å². The summed E-state index contributed by atoms with van der Waals surface area (Å²) >= 11 is 0. The van der Waals surface area contributed by atoms with Gasteiger partial charge in [-0.1, -0.05) is 24.0 Å². The molecule has 0 aliphatic heterocycles. The minimum Gasteiger partial charge on any atom is -0.444 e. The van der Waals surface area contributed by atoms with E-state index >= 15 is 0 Å². The summed E-state index contributed by atoms with van der Waals surface area (Å²) in [5.74, 6) is 4.97. The third kappa shape index (κ3) is 6.50. The van der Waals surface area contributed by atoms with Crippen LogP contribution in [0, 0.1) is 17.7 Å². The number of methoxy groups -OCH3 is 1. The lowest BCUT2D eigenvalue weighted by Crippen LogP contribution is -2.33. The van der Waals surface area contributed by atoms with Gasteiger partial charge in [0.2, 0.25) is 0 Å². The van der Waals surface area contributed by atoms with Gasteiger partial charge in [-0.05, 0) is 50.6 Å². The quantitative estimate of drug-likeness (QED) is 0.457. The van der Waals surface area contributed by atoms with E-state index in [1.165, 1.54) is 68.0 Å². The number of hydrogen-bond acceptors (Lipinski definition) is 6. The van der Waals surface area contributed by atoms with Crippen LogP contribution in [0.4, 0.5) is 9.18 Å². The first-order valence-electron chi connectivity index (χ1n) is 11.0. The summed E-state index contributed by atoms with van der Waals surface area (Å²) in [5, 5.41) is 0. The number of rotatable bonds is 6. The summed E-state index contributed by atoms with van der Waals surface area (Å²) in [6.45, 7) is 5.47. The van der Waals surface area contributed by atoms with E-state index in [2.05, 4.69) is 16.8 Å². The molecule has 190 valence electrons. The van der Waals surface area contributed by atoms with Crippen LogP contribution in [-0.2, 0) is 26.0 Å². The molecule has 0 radical (unpaired) electrons. The molecule has 0 saturated heterocycles. The maximum atomic E-state index is 14.7. The molecule has 0 aliphatic carbocycles. The molecule has 1 aromatic carbocycles. The topological polar surface area (TPSA) is 90.7 Å². The second-order valence-corrected chi connectivity index (χ2v) is 10.8. The van der Waals surface area contributed by atoms with Crippen molar-refractivity contribution in [2.24, 2.45) is 0 Å². The van der Waals surface area contributed by atoms with Crippen molar-refractivity contribution in [1.29, 1.82) is 0 Å². The average molecular weight is 514 g/mol. The number of benzene rings is 1. The van der Waals surface area contributed by atoms with Gasteiger partial charge >= 0.3 is 6.09 Å². The molecule has 0 saturated carbocycles. The van der Waals surface area contributed by atoms with Crippen molar-refractivity contribution in [1.82, 2.24) is 13.9 Å². The van der Waals surface area contributed by atoms with E-state index in [4.69, 9.17) is 9.47 Å². The van der Waals surface area contributed by atoms with Gasteiger partial charge in [0.15, 0.2) is 0 Å². The molecule has 0 N–H and O–H groups in total. The molecule has 0 spiro atoms. The van der Waals surface area contributed by atoms with Gasteiger partial charge in [0.25, 0.3) is 10.0 Å². The van der Waals surface area contributed by atoms with E-state index < -0.39 is 27.5 Å². The smallest absolute Gasteiger partial charge is 0.410 e. The van der Waals surface area contributed by atoms with Crippen molar-refractivity contribution in [2.45, 2.75) is 37.8 Å². The Labute approximate surface area is 210 Å². The Morgan fingerprint density at radius 1 is 1.19 bits per heavy atom. The molecule has 3 aromatic rings. The number of carbonyl (C=O) groups is 1. The maximum absolute atomic E-state index is 14.7. The number of hydrogen-bond donors (Lipinski definition) is 0. The molecule has 0 unspecified atom stereocenters. The van der Waals surface area contributed by atoms with Gasteiger partial charge in [-0.3, -0.25) is 4.98 Å². The van der Waals surface area contributed by atoms with E-state index in [0.29, 0.717) is 11.1 Å². The Hall–Kier alpha value is -3.68. The molecule has 2 heterocycles. The summed E-state index contributed by atoms with van der Waals surface area (Å²) in [5.41, 5.74) is 0.364. The van der Waals surface area contributed by atoms with E-state index in [1.807, 2.05) is 0 Å². The normalized spacial score (nSPS) is 11.5. The SMILES string of the molecule is COCC#Cc1cncc(S(=O)(=O)n2cc(CN(C)C(=O)OC(C)(C)C)cc2-c2ccccc2F)c1. The zero-order valence-corrected chi connectivity index (χ0v) is 21.6. The molecule has 10 heteroatoms. The first-order valence-corrected chi connectivity index (χ1v) is 12.4. The highest BCUT2D eigenvalue weighted by Gasteiger charge is 2.26. The molecule has 0 aliphatic rings. The molecule has 0 fully saturated rings. The van der Waals surface area contributed by atoms with Crippen molar-refractivity contribution >= 4 is 16.1 Å².